The van der Waals surface area contributed by atoms with Gasteiger partial charge in [-0.05, 0) is 53.0 Å². The maximum Gasteiger partial charge on any atom is 0.321 e. The largest absolute Gasteiger partial charge is 0.324 e. The van der Waals surface area contributed by atoms with Crippen LogP contribution >= 0.6 is 27.3 Å². The fourth-order valence-electron chi connectivity index (χ4n) is 3.28. The molecule has 2 heterocycles. The topological polar surface area (TPSA) is 87.2 Å². The van der Waals surface area contributed by atoms with E-state index >= 15 is 0 Å². The number of aromatic nitrogens is 2. The van der Waals surface area contributed by atoms with Crippen molar-refractivity contribution >= 4 is 50.6 Å². The lowest BCUT2D eigenvalue weighted by molar-refractivity contribution is 0.102. The monoisotopic (exact) mass is 485 g/mol. The van der Waals surface area contributed by atoms with E-state index in [4.69, 9.17) is 0 Å². The highest BCUT2D eigenvalue weighted by Gasteiger charge is 2.27. The zero-order chi connectivity index (χ0) is 20.9. The van der Waals surface area contributed by atoms with Gasteiger partial charge in [0.2, 0.25) is 5.01 Å². The number of halogens is 1. The molecule has 1 aliphatic rings. The lowest BCUT2D eigenvalue weighted by atomic mass is 9.98. The summed E-state index contributed by atoms with van der Waals surface area (Å²) in [7, 11) is 0. The number of carbonyl (C=O) groups is 2. The summed E-state index contributed by atoms with van der Waals surface area (Å²) < 4.78 is 0.850. The summed E-state index contributed by atoms with van der Waals surface area (Å²) in [6.45, 7) is 1.26. The molecule has 2 N–H and O–H groups in total. The van der Waals surface area contributed by atoms with Crippen molar-refractivity contribution in [1.82, 2.24) is 15.1 Å². The molecule has 1 aliphatic heterocycles. The van der Waals surface area contributed by atoms with Crippen molar-refractivity contribution in [2.45, 2.75) is 18.8 Å². The van der Waals surface area contributed by atoms with E-state index in [1.807, 2.05) is 54.6 Å². The van der Waals surface area contributed by atoms with E-state index in [0.29, 0.717) is 18.1 Å². The van der Waals surface area contributed by atoms with E-state index in [9.17, 15) is 9.59 Å². The predicted octanol–water partition coefficient (Wildman–Crippen LogP) is 4.96. The highest BCUT2D eigenvalue weighted by Crippen LogP contribution is 2.31. The normalized spacial score (nSPS) is 14.4. The zero-order valence-electron chi connectivity index (χ0n) is 16.0. The molecular formula is C21H20BrN5O2S. The number of carbonyl (C=O) groups excluding carboxylic acids is 2. The second-order valence-corrected chi connectivity index (χ2v) is 8.80. The number of hydrogen-bond acceptors (Lipinski definition) is 5. The minimum atomic E-state index is -0.254. The van der Waals surface area contributed by atoms with Crippen LogP contribution in [0.15, 0.2) is 59.1 Å². The quantitative estimate of drug-likeness (QED) is 0.546. The van der Waals surface area contributed by atoms with Crippen LogP contribution in [0.25, 0.3) is 0 Å². The van der Waals surface area contributed by atoms with Gasteiger partial charge in [-0.15, -0.1) is 10.2 Å². The number of piperidine rings is 1. The van der Waals surface area contributed by atoms with Gasteiger partial charge in [0.1, 0.15) is 5.01 Å². The molecule has 0 saturated carbocycles. The van der Waals surface area contributed by atoms with Gasteiger partial charge in [0.15, 0.2) is 0 Å². The summed E-state index contributed by atoms with van der Waals surface area (Å²) in [5.41, 5.74) is 1.48. The Bertz CT molecular complexity index is 1030. The summed E-state index contributed by atoms with van der Waals surface area (Å²) in [4.78, 5) is 26.7. The van der Waals surface area contributed by atoms with Crippen molar-refractivity contribution in [2.75, 3.05) is 23.7 Å². The number of nitrogens with one attached hydrogen (secondary N) is 2. The maximum absolute atomic E-state index is 12.5. The van der Waals surface area contributed by atoms with E-state index in [0.717, 1.165) is 33.7 Å². The molecule has 30 heavy (non-hydrogen) atoms. The lowest BCUT2D eigenvalue weighted by Crippen LogP contribution is -2.40. The molecule has 0 unspecified atom stereocenters. The average molecular weight is 486 g/mol. The van der Waals surface area contributed by atoms with Crippen molar-refractivity contribution < 1.29 is 9.59 Å². The molecule has 9 heteroatoms. The zero-order valence-corrected chi connectivity index (χ0v) is 18.4. The number of likely N-dealkylation sites (tertiary alicyclic amines) is 1. The van der Waals surface area contributed by atoms with Gasteiger partial charge in [-0.1, -0.05) is 41.7 Å². The number of benzene rings is 2. The van der Waals surface area contributed by atoms with Crippen molar-refractivity contribution in [3.63, 3.8) is 0 Å². The molecule has 3 aromatic rings. The van der Waals surface area contributed by atoms with Crippen molar-refractivity contribution in [3.05, 3.63) is 69.1 Å². The number of nitrogens with zero attached hydrogens (tertiary/aromatic N) is 3. The van der Waals surface area contributed by atoms with Gasteiger partial charge < -0.3 is 15.5 Å². The third-order valence-electron chi connectivity index (χ3n) is 4.91. The minimum absolute atomic E-state index is 0.111. The van der Waals surface area contributed by atoms with Crippen LogP contribution in [0.2, 0.25) is 0 Å². The molecule has 2 aromatic carbocycles. The van der Waals surface area contributed by atoms with E-state index < -0.39 is 0 Å². The molecule has 7 nitrogen and oxygen atoms in total. The highest BCUT2D eigenvalue weighted by atomic mass is 79.9. The first-order valence-corrected chi connectivity index (χ1v) is 11.2. The Labute approximate surface area is 186 Å². The van der Waals surface area contributed by atoms with Gasteiger partial charge in [0, 0.05) is 29.2 Å². The molecule has 0 atom stereocenters. The Kier molecular flexibility index (Phi) is 6.39. The van der Waals surface area contributed by atoms with Gasteiger partial charge in [-0.2, -0.15) is 0 Å². The summed E-state index contributed by atoms with van der Waals surface area (Å²) in [6, 6.07) is 16.7. The predicted molar refractivity (Wildman–Crippen MR) is 121 cm³/mol. The highest BCUT2D eigenvalue weighted by molar-refractivity contribution is 9.10. The molecular weight excluding hydrogens is 466 g/mol. The molecule has 4 rings (SSSR count). The van der Waals surface area contributed by atoms with E-state index in [-0.39, 0.29) is 17.9 Å². The van der Waals surface area contributed by atoms with Crippen LogP contribution in [0.1, 0.15) is 33.6 Å². The minimum Gasteiger partial charge on any atom is -0.324 e. The van der Waals surface area contributed by atoms with Gasteiger partial charge in [-0.3, -0.25) is 4.79 Å². The number of urea groups is 1. The Morgan fingerprint density at radius 2 is 1.67 bits per heavy atom. The van der Waals surface area contributed by atoms with Crippen LogP contribution in [0.4, 0.5) is 16.2 Å². The lowest BCUT2D eigenvalue weighted by Gasteiger charge is -2.31. The third kappa shape index (κ3) is 4.85. The van der Waals surface area contributed by atoms with E-state index in [2.05, 4.69) is 36.8 Å². The fraction of sp³-hybridized carbons (Fsp3) is 0.238. The molecule has 0 bridgehead atoms. The smallest absolute Gasteiger partial charge is 0.321 e. The number of amides is 3. The average Bonchev–Trinajstić information content (AvgIpc) is 3.27. The van der Waals surface area contributed by atoms with E-state index in [1.54, 1.807) is 4.90 Å². The Morgan fingerprint density at radius 3 is 2.40 bits per heavy atom. The molecule has 1 saturated heterocycles. The second kappa shape index (κ2) is 9.36. The van der Waals surface area contributed by atoms with Crippen molar-refractivity contribution in [2.24, 2.45) is 0 Å². The van der Waals surface area contributed by atoms with Gasteiger partial charge in [0.25, 0.3) is 5.91 Å². The molecule has 0 aliphatic carbocycles. The third-order valence-corrected chi connectivity index (χ3v) is 6.69. The second-order valence-electron chi connectivity index (χ2n) is 6.94. The fourth-order valence-corrected chi connectivity index (χ4v) is 4.58. The standard InChI is InChI=1S/C21H20BrN5O2S/c22-16-8-4-5-9-17(16)24-21(29)27-12-10-14(11-13-27)19-25-26-20(30-19)18(28)23-15-6-2-1-3-7-15/h1-9,14H,10-13H2,(H,23,28)(H,24,29). The van der Waals surface area contributed by atoms with Gasteiger partial charge in [-0.25, -0.2) is 4.79 Å². The Morgan fingerprint density at radius 1 is 0.967 bits per heavy atom. The first-order chi connectivity index (χ1) is 14.6. The van der Waals surface area contributed by atoms with Crippen LogP contribution in [0, 0.1) is 0 Å². The number of anilines is 2. The molecule has 3 amide bonds. The molecule has 1 aromatic heterocycles. The van der Waals surface area contributed by atoms with Crippen LogP contribution in [-0.2, 0) is 0 Å². The Balaban J connectivity index is 1.32. The summed E-state index contributed by atoms with van der Waals surface area (Å²) in [5, 5.41) is 15.3. The van der Waals surface area contributed by atoms with Crippen LogP contribution in [0.3, 0.4) is 0 Å². The Hall–Kier alpha value is -2.78. The van der Waals surface area contributed by atoms with Crippen molar-refractivity contribution in [3.8, 4) is 0 Å². The number of para-hydroxylation sites is 2. The summed E-state index contributed by atoms with van der Waals surface area (Å²) in [5.74, 6) is -0.0523. The first kappa shape index (κ1) is 20.5. The number of rotatable bonds is 4. The van der Waals surface area contributed by atoms with Crippen LogP contribution in [-0.4, -0.2) is 40.1 Å². The summed E-state index contributed by atoms with van der Waals surface area (Å²) >= 11 is 4.77. The van der Waals surface area contributed by atoms with Crippen molar-refractivity contribution in [1.29, 1.82) is 0 Å². The van der Waals surface area contributed by atoms with E-state index in [1.165, 1.54) is 11.3 Å². The molecule has 1 fully saturated rings. The molecule has 154 valence electrons. The van der Waals surface area contributed by atoms with Crippen LogP contribution in [0.5, 0.6) is 0 Å². The SMILES string of the molecule is O=C(Nc1ccccc1)c1nnc(C2CCN(C(=O)Nc3ccccc3Br)CC2)s1. The molecule has 0 spiro atoms. The number of hydrogen-bond donors (Lipinski definition) is 2. The van der Waals surface area contributed by atoms with Gasteiger partial charge >= 0.3 is 6.03 Å². The van der Waals surface area contributed by atoms with Gasteiger partial charge in [0.05, 0.1) is 5.69 Å². The first-order valence-electron chi connectivity index (χ1n) is 9.60. The maximum atomic E-state index is 12.5. The van der Waals surface area contributed by atoms with Crippen LogP contribution < -0.4 is 10.6 Å². The summed E-state index contributed by atoms with van der Waals surface area (Å²) in [6.07, 6.45) is 1.58. The molecule has 0 radical (unpaired) electrons.